The molecule has 0 radical (unpaired) electrons. The Balaban J connectivity index is 2.23. The Labute approximate surface area is 109 Å². The summed E-state index contributed by atoms with van der Waals surface area (Å²) in [6.07, 6.45) is 0.754. The lowest BCUT2D eigenvalue weighted by Crippen LogP contribution is -2.02. The van der Waals surface area contributed by atoms with Gasteiger partial charge in [-0.2, -0.15) is 0 Å². The Morgan fingerprint density at radius 2 is 1.88 bits per heavy atom. The zero-order chi connectivity index (χ0) is 12.3. The van der Waals surface area contributed by atoms with Crippen LogP contribution in [0.25, 0.3) is 0 Å². The molecule has 0 amide bonds. The summed E-state index contributed by atoms with van der Waals surface area (Å²) in [5.74, 6) is 1.71. The summed E-state index contributed by atoms with van der Waals surface area (Å²) in [6, 6.07) is 10.2. The van der Waals surface area contributed by atoms with Crippen molar-refractivity contribution in [3.63, 3.8) is 0 Å². The predicted molar refractivity (Wildman–Crippen MR) is 73.3 cm³/mol. The van der Waals surface area contributed by atoms with Gasteiger partial charge in [0.15, 0.2) is 0 Å². The molecule has 0 bridgehead atoms. The highest BCUT2D eigenvalue weighted by Gasteiger charge is 2.02. The standard InChI is InChI=1S/C13H14BrN3/c1-9-7-12(15-2)17-13(16-9)8-10-3-5-11(14)6-4-10/h3-7H,8H2,1-2H3,(H,15,16,17). The second kappa shape index (κ2) is 5.27. The molecule has 1 heterocycles. The molecule has 0 fully saturated rings. The molecule has 1 N–H and O–H groups in total. The molecule has 0 saturated heterocycles. The summed E-state index contributed by atoms with van der Waals surface area (Å²) in [6.45, 7) is 1.98. The molecule has 17 heavy (non-hydrogen) atoms. The fourth-order valence-electron chi connectivity index (χ4n) is 1.62. The van der Waals surface area contributed by atoms with Crippen LogP contribution in [0.5, 0.6) is 0 Å². The summed E-state index contributed by atoms with van der Waals surface area (Å²) in [5.41, 5.74) is 2.19. The third-order valence-electron chi connectivity index (χ3n) is 2.43. The molecule has 88 valence electrons. The van der Waals surface area contributed by atoms with Gasteiger partial charge in [0.1, 0.15) is 11.6 Å². The van der Waals surface area contributed by atoms with E-state index in [-0.39, 0.29) is 0 Å². The van der Waals surface area contributed by atoms with Crippen molar-refractivity contribution in [3.8, 4) is 0 Å². The number of nitrogens with one attached hydrogen (secondary N) is 1. The van der Waals surface area contributed by atoms with Crippen LogP contribution in [0.1, 0.15) is 17.1 Å². The maximum atomic E-state index is 4.44. The molecule has 0 unspecified atom stereocenters. The predicted octanol–water partition coefficient (Wildman–Crippen LogP) is 3.18. The van der Waals surface area contributed by atoms with Crippen molar-refractivity contribution in [1.29, 1.82) is 0 Å². The first-order valence-electron chi connectivity index (χ1n) is 5.44. The van der Waals surface area contributed by atoms with E-state index in [9.17, 15) is 0 Å². The zero-order valence-electron chi connectivity index (χ0n) is 9.87. The van der Waals surface area contributed by atoms with Crippen molar-refractivity contribution in [1.82, 2.24) is 9.97 Å². The normalized spacial score (nSPS) is 10.3. The van der Waals surface area contributed by atoms with Gasteiger partial charge in [0.25, 0.3) is 0 Å². The number of aromatic nitrogens is 2. The number of nitrogens with zero attached hydrogens (tertiary/aromatic N) is 2. The highest BCUT2D eigenvalue weighted by Crippen LogP contribution is 2.14. The number of benzene rings is 1. The van der Waals surface area contributed by atoms with Crippen LogP contribution in [-0.2, 0) is 6.42 Å². The molecule has 0 spiro atoms. The first kappa shape index (κ1) is 12.0. The Kier molecular flexibility index (Phi) is 3.74. The van der Waals surface area contributed by atoms with Crippen LogP contribution >= 0.6 is 15.9 Å². The van der Waals surface area contributed by atoms with E-state index in [1.165, 1.54) is 5.56 Å². The van der Waals surface area contributed by atoms with Crippen molar-refractivity contribution in [2.45, 2.75) is 13.3 Å². The minimum atomic E-state index is 0.754. The SMILES string of the molecule is CNc1cc(C)nc(Cc2ccc(Br)cc2)n1. The zero-order valence-corrected chi connectivity index (χ0v) is 11.5. The van der Waals surface area contributed by atoms with Gasteiger partial charge in [0.2, 0.25) is 0 Å². The van der Waals surface area contributed by atoms with E-state index in [1.54, 1.807) is 0 Å². The molecule has 3 nitrogen and oxygen atoms in total. The van der Waals surface area contributed by atoms with E-state index < -0.39 is 0 Å². The first-order valence-corrected chi connectivity index (χ1v) is 6.23. The summed E-state index contributed by atoms with van der Waals surface area (Å²) < 4.78 is 1.09. The molecule has 1 aromatic carbocycles. The topological polar surface area (TPSA) is 37.8 Å². The van der Waals surface area contributed by atoms with E-state index >= 15 is 0 Å². The fraction of sp³-hybridized carbons (Fsp3) is 0.231. The summed E-state index contributed by atoms with van der Waals surface area (Å²) in [7, 11) is 1.87. The van der Waals surface area contributed by atoms with Gasteiger partial charge in [-0.15, -0.1) is 0 Å². The highest BCUT2D eigenvalue weighted by molar-refractivity contribution is 9.10. The first-order chi connectivity index (χ1) is 8.17. The number of rotatable bonds is 3. The van der Waals surface area contributed by atoms with Crippen molar-refractivity contribution >= 4 is 21.7 Å². The van der Waals surface area contributed by atoms with Gasteiger partial charge in [0, 0.05) is 29.7 Å². The minimum absolute atomic E-state index is 0.754. The number of hydrogen-bond acceptors (Lipinski definition) is 3. The number of anilines is 1. The third-order valence-corrected chi connectivity index (χ3v) is 2.96. The molecular weight excluding hydrogens is 278 g/mol. The second-order valence-electron chi connectivity index (χ2n) is 3.86. The van der Waals surface area contributed by atoms with E-state index in [0.29, 0.717) is 0 Å². The van der Waals surface area contributed by atoms with Gasteiger partial charge in [-0.25, -0.2) is 9.97 Å². The quantitative estimate of drug-likeness (QED) is 0.944. The maximum absolute atomic E-state index is 4.44. The van der Waals surface area contributed by atoms with E-state index in [4.69, 9.17) is 0 Å². The Morgan fingerprint density at radius 3 is 2.53 bits per heavy atom. The molecule has 0 aliphatic carbocycles. The van der Waals surface area contributed by atoms with E-state index in [1.807, 2.05) is 32.2 Å². The Bertz CT molecular complexity index is 509. The molecule has 1 aromatic heterocycles. The Hall–Kier alpha value is -1.42. The third kappa shape index (κ3) is 3.27. The monoisotopic (exact) mass is 291 g/mol. The summed E-state index contributed by atoms with van der Waals surface area (Å²) in [4.78, 5) is 8.87. The van der Waals surface area contributed by atoms with Gasteiger partial charge in [-0.1, -0.05) is 28.1 Å². The smallest absolute Gasteiger partial charge is 0.135 e. The lowest BCUT2D eigenvalue weighted by Gasteiger charge is -2.05. The van der Waals surface area contributed by atoms with E-state index in [0.717, 1.165) is 28.2 Å². The molecule has 0 aliphatic rings. The van der Waals surface area contributed by atoms with Gasteiger partial charge in [-0.05, 0) is 24.6 Å². The maximum Gasteiger partial charge on any atom is 0.135 e. The number of halogens is 1. The van der Waals surface area contributed by atoms with Crippen molar-refractivity contribution in [2.24, 2.45) is 0 Å². The van der Waals surface area contributed by atoms with Crippen LogP contribution in [0.4, 0.5) is 5.82 Å². The molecular formula is C13H14BrN3. The van der Waals surface area contributed by atoms with Gasteiger partial charge < -0.3 is 5.32 Å². The largest absolute Gasteiger partial charge is 0.373 e. The van der Waals surface area contributed by atoms with Crippen LogP contribution in [0.15, 0.2) is 34.8 Å². The van der Waals surface area contributed by atoms with E-state index in [2.05, 4.69) is 43.3 Å². The fourth-order valence-corrected chi connectivity index (χ4v) is 1.89. The molecule has 2 rings (SSSR count). The van der Waals surface area contributed by atoms with Gasteiger partial charge in [0.05, 0.1) is 0 Å². The minimum Gasteiger partial charge on any atom is -0.373 e. The van der Waals surface area contributed by atoms with Crippen LogP contribution in [0.3, 0.4) is 0 Å². The molecule has 0 atom stereocenters. The molecule has 0 aliphatic heterocycles. The van der Waals surface area contributed by atoms with Gasteiger partial charge >= 0.3 is 0 Å². The average Bonchev–Trinajstić information content (AvgIpc) is 2.31. The highest BCUT2D eigenvalue weighted by atomic mass is 79.9. The average molecular weight is 292 g/mol. The number of hydrogen-bond donors (Lipinski definition) is 1. The lowest BCUT2D eigenvalue weighted by atomic mass is 10.1. The number of aryl methyl sites for hydroxylation is 1. The van der Waals surface area contributed by atoms with Crippen molar-refractivity contribution in [2.75, 3.05) is 12.4 Å². The van der Waals surface area contributed by atoms with Crippen molar-refractivity contribution < 1.29 is 0 Å². The lowest BCUT2D eigenvalue weighted by molar-refractivity contribution is 0.944. The molecule has 4 heteroatoms. The summed E-state index contributed by atoms with van der Waals surface area (Å²) in [5, 5.41) is 3.04. The van der Waals surface area contributed by atoms with Gasteiger partial charge in [-0.3, -0.25) is 0 Å². The van der Waals surface area contributed by atoms with Crippen molar-refractivity contribution in [3.05, 3.63) is 51.9 Å². The van der Waals surface area contributed by atoms with Crippen LogP contribution in [0, 0.1) is 6.92 Å². The molecule has 2 aromatic rings. The molecule has 0 saturated carbocycles. The second-order valence-corrected chi connectivity index (χ2v) is 4.78. The summed E-state index contributed by atoms with van der Waals surface area (Å²) >= 11 is 3.42. The van der Waals surface area contributed by atoms with Crippen LogP contribution in [0.2, 0.25) is 0 Å². The van der Waals surface area contributed by atoms with Crippen LogP contribution in [-0.4, -0.2) is 17.0 Å². The Morgan fingerprint density at radius 1 is 1.18 bits per heavy atom. The van der Waals surface area contributed by atoms with Crippen LogP contribution < -0.4 is 5.32 Å².